The van der Waals surface area contributed by atoms with Gasteiger partial charge in [0.05, 0.1) is 13.2 Å². The molecule has 0 aromatic carbocycles. The maximum absolute atomic E-state index is 11.9. The number of nitrogens with zero attached hydrogens (tertiary/aromatic N) is 1. The molecule has 0 aliphatic heterocycles. The van der Waals surface area contributed by atoms with Crippen molar-refractivity contribution in [3.63, 3.8) is 0 Å². The first kappa shape index (κ1) is 24.6. The monoisotopic (exact) mass is 365 g/mol. The Hall–Kier alpha value is -1.39. The van der Waals surface area contributed by atoms with E-state index >= 15 is 0 Å². The Morgan fingerprint density at radius 1 is 0.769 bits per heavy atom. The molecule has 2 N–H and O–H groups in total. The molecule has 4 heteroatoms. The van der Waals surface area contributed by atoms with Crippen molar-refractivity contribution in [3.8, 4) is 0 Å². The van der Waals surface area contributed by atoms with Gasteiger partial charge in [0.2, 0.25) is 5.91 Å². The zero-order chi connectivity index (χ0) is 19.3. The van der Waals surface area contributed by atoms with Gasteiger partial charge in [-0.15, -0.1) is 0 Å². The first-order chi connectivity index (χ1) is 12.8. The van der Waals surface area contributed by atoms with Gasteiger partial charge in [0.1, 0.15) is 0 Å². The van der Waals surface area contributed by atoms with Crippen molar-refractivity contribution in [2.75, 3.05) is 26.3 Å². The third-order valence-corrected chi connectivity index (χ3v) is 4.12. The number of rotatable bonds is 17. The number of allylic oxidation sites excluding steroid dienone is 6. The van der Waals surface area contributed by atoms with Crippen LogP contribution in [0.3, 0.4) is 0 Å². The Balaban J connectivity index is 3.60. The molecule has 1 amide bonds. The number of aliphatic hydroxyl groups excluding tert-OH is 2. The molecule has 0 saturated carbocycles. The number of unbranched alkanes of at least 4 members (excludes halogenated alkanes) is 5. The molecule has 0 unspecified atom stereocenters. The van der Waals surface area contributed by atoms with Gasteiger partial charge >= 0.3 is 0 Å². The molecule has 0 bridgehead atoms. The summed E-state index contributed by atoms with van der Waals surface area (Å²) in [6, 6.07) is 0. The first-order valence-electron chi connectivity index (χ1n) is 10.2. The van der Waals surface area contributed by atoms with Gasteiger partial charge in [-0.3, -0.25) is 4.79 Å². The summed E-state index contributed by atoms with van der Waals surface area (Å²) in [4.78, 5) is 13.5. The van der Waals surface area contributed by atoms with Crippen LogP contribution in [-0.2, 0) is 4.79 Å². The lowest BCUT2D eigenvalue weighted by Crippen LogP contribution is -2.35. The predicted molar refractivity (Wildman–Crippen MR) is 110 cm³/mol. The van der Waals surface area contributed by atoms with Crippen LogP contribution >= 0.6 is 0 Å². The van der Waals surface area contributed by atoms with Gasteiger partial charge in [0.15, 0.2) is 0 Å². The third kappa shape index (κ3) is 16.1. The summed E-state index contributed by atoms with van der Waals surface area (Å²) in [5.74, 6) is 0.0164. The SMILES string of the molecule is CCCCC/C=C\C/C=C\C/C=C\CCCCC(=O)N(CCO)CCO. The fourth-order valence-corrected chi connectivity index (χ4v) is 2.59. The van der Waals surface area contributed by atoms with Crippen LogP contribution in [0.25, 0.3) is 0 Å². The van der Waals surface area contributed by atoms with Gasteiger partial charge in [0.25, 0.3) is 0 Å². The van der Waals surface area contributed by atoms with Crippen LogP contribution in [0.2, 0.25) is 0 Å². The molecule has 4 nitrogen and oxygen atoms in total. The molecule has 0 aliphatic carbocycles. The topological polar surface area (TPSA) is 60.8 Å². The number of hydrogen-bond donors (Lipinski definition) is 2. The second-order valence-electron chi connectivity index (χ2n) is 6.46. The summed E-state index contributed by atoms with van der Waals surface area (Å²) in [6.45, 7) is 2.72. The van der Waals surface area contributed by atoms with E-state index in [4.69, 9.17) is 10.2 Å². The molecule has 26 heavy (non-hydrogen) atoms. The van der Waals surface area contributed by atoms with E-state index in [1.54, 1.807) is 0 Å². The second-order valence-corrected chi connectivity index (χ2v) is 6.46. The van der Waals surface area contributed by atoms with Crippen LogP contribution < -0.4 is 0 Å². The average molecular weight is 366 g/mol. The molecule has 0 fully saturated rings. The van der Waals surface area contributed by atoms with Crippen molar-refractivity contribution < 1.29 is 15.0 Å². The Morgan fingerprint density at radius 3 is 1.77 bits per heavy atom. The lowest BCUT2D eigenvalue weighted by Gasteiger charge is -2.20. The van der Waals surface area contributed by atoms with Crippen LogP contribution in [0, 0.1) is 0 Å². The van der Waals surface area contributed by atoms with Crippen LogP contribution in [0.4, 0.5) is 0 Å². The van der Waals surface area contributed by atoms with E-state index in [0.717, 1.165) is 32.1 Å². The van der Waals surface area contributed by atoms with E-state index in [2.05, 4.69) is 43.4 Å². The third-order valence-electron chi connectivity index (χ3n) is 4.12. The van der Waals surface area contributed by atoms with Gasteiger partial charge in [-0.1, -0.05) is 56.2 Å². The van der Waals surface area contributed by atoms with Crippen molar-refractivity contribution in [2.45, 2.75) is 71.1 Å². The molecule has 0 aliphatic rings. The molecule has 0 atom stereocenters. The summed E-state index contributed by atoms with van der Waals surface area (Å²) < 4.78 is 0. The Morgan fingerprint density at radius 2 is 1.27 bits per heavy atom. The molecule has 0 saturated heterocycles. The highest BCUT2D eigenvalue weighted by atomic mass is 16.3. The highest BCUT2D eigenvalue weighted by Crippen LogP contribution is 2.05. The molecular weight excluding hydrogens is 326 g/mol. The Bertz CT molecular complexity index is 396. The van der Waals surface area contributed by atoms with E-state index < -0.39 is 0 Å². The smallest absolute Gasteiger partial charge is 0.222 e. The molecule has 0 heterocycles. The van der Waals surface area contributed by atoms with Gasteiger partial charge in [-0.05, 0) is 44.9 Å². The van der Waals surface area contributed by atoms with Crippen molar-refractivity contribution >= 4 is 5.91 Å². The highest BCUT2D eigenvalue weighted by molar-refractivity contribution is 5.76. The van der Waals surface area contributed by atoms with Crippen LogP contribution in [-0.4, -0.2) is 47.3 Å². The summed E-state index contributed by atoms with van der Waals surface area (Å²) in [5, 5.41) is 17.8. The molecule has 0 aromatic rings. The maximum Gasteiger partial charge on any atom is 0.222 e. The van der Waals surface area contributed by atoms with Crippen molar-refractivity contribution in [3.05, 3.63) is 36.5 Å². The Labute approximate surface area is 160 Å². The lowest BCUT2D eigenvalue weighted by atomic mass is 10.1. The minimum Gasteiger partial charge on any atom is -0.395 e. The summed E-state index contributed by atoms with van der Waals surface area (Å²) in [5.41, 5.74) is 0. The van der Waals surface area contributed by atoms with Gasteiger partial charge in [0, 0.05) is 19.5 Å². The number of carbonyl (C=O) groups is 1. The van der Waals surface area contributed by atoms with Crippen LogP contribution in [0.5, 0.6) is 0 Å². The summed E-state index contributed by atoms with van der Waals surface area (Å²) in [6.07, 6.45) is 23.6. The summed E-state index contributed by atoms with van der Waals surface area (Å²) in [7, 11) is 0. The minimum atomic E-state index is -0.0589. The molecule has 0 aromatic heterocycles. The number of hydrogen-bond acceptors (Lipinski definition) is 3. The fraction of sp³-hybridized carbons (Fsp3) is 0.682. The Kier molecular flexibility index (Phi) is 18.9. The van der Waals surface area contributed by atoms with Crippen LogP contribution in [0.15, 0.2) is 36.5 Å². The quantitative estimate of drug-likeness (QED) is 0.297. The molecular formula is C22H39NO3. The van der Waals surface area contributed by atoms with Crippen molar-refractivity contribution in [1.29, 1.82) is 0 Å². The maximum atomic E-state index is 11.9. The minimum absolute atomic E-state index is 0.0164. The van der Waals surface area contributed by atoms with E-state index in [1.807, 2.05) is 0 Å². The zero-order valence-corrected chi connectivity index (χ0v) is 16.6. The van der Waals surface area contributed by atoms with Gasteiger partial charge < -0.3 is 15.1 Å². The number of aliphatic hydroxyl groups is 2. The number of amides is 1. The normalized spacial score (nSPS) is 12.0. The van der Waals surface area contributed by atoms with E-state index in [0.29, 0.717) is 19.5 Å². The van der Waals surface area contributed by atoms with Crippen molar-refractivity contribution in [2.24, 2.45) is 0 Å². The second kappa shape index (κ2) is 19.9. The van der Waals surface area contributed by atoms with Crippen LogP contribution in [0.1, 0.15) is 71.1 Å². The lowest BCUT2D eigenvalue weighted by molar-refractivity contribution is -0.132. The van der Waals surface area contributed by atoms with Crippen molar-refractivity contribution in [1.82, 2.24) is 4.90 Å². The van der Waals surface area contributed by atoms with E-state index in [1.165, 1.54) is 30.6 Å². The fourth-order valence-electron chi connectivity index (χ4n) is 2.59. The average Bonchev–Trinajstić information content (AvgIpc) is 2.64. The summed E-state index contributed by atoms with van der Waals surface area (Å²) >= 11 is 0. The predicted octanol–water partition coefficient (Wildman–Crippen LogP) is 4.39. The number of carbonyl (C=O) groups excluding carboxylic acids is 1. The molecule has 0 radical (unpaired) electrons. The van der Waals surface area contributed by atoms with E-state index in [-0.39, 0.29) is 19.1 Å². The molecule has 150 valence electrons. The largest absolute Gasteiger partial charge is 0.395 e. The van der Waals surface area contributed by atoms with E-state index in [9.17, 15) is 4.79 Å². The molecule has 0 spiro atoms. The van der Waals surface area contributed by atoms with Gasteiger partial charge in [-0.2, -0.15) is 0 Å². The molecule has 0 rings (SSSR count). The first-order valence-corrected chi connectivity index (χ1v) is 10.2. The zero-order valence-electron chi connectivity index (χ0n) is 16.6. The highest BCUT2D eigenvalue weighted by Gasteiger charge is 2.11. The standard InChI is InChI=1S/C22H39NO3/c1-2-3-4-5-6-7-8-9-10-11-12-13-14-15-16-17-22(26)23(18-20-24)19-21-25/h6-7,9-10,12-13,24-25H,2-5,8,11,14-21H2,1H3/b7-6-,10-9-,13-12-. The van der Waals surface area contributed by atoms with Gasteiger partial charge in [-0.25, -0.2) is 0 Å².